The summed E-state index contributed by atoms with van der Waals surface area (Å²) in [5.74, 6) is 0.606. The first-order valence-electron chi connectivity index (χ1n) is 8.73. The van der Waals surface area contributed by atoms with Crippen molar-refractivity contribution in [2.75, 3.05) is 18.7 Å². The van der Waals surface area contributed by atoms with Crippen molar-refractivity contribution in [2.24, 2.45) is 11.8 Å². The first-order valence-corrected chi connectivity index (χ1v) is 8.73. The summed E-state index contributed by atoms with van der Waals surface area (Å²) >= 11 is 0. The molecule has 0 saturated heterocycles. The maximum absolute atomic E-state index is 12.3. The van der Waals surface area contributed by atoms with Gasteiger partial charge in [-0.15, -0.1) is 0 Å². The number of nitrogens with one attached hydrogen (secondary N) is 2. The SMILES string of the molecule is O=C(NCCc1ccccc1)C1CC1C(=O)Nc1ccc2c(c1)OCO2. The van der Waals surface area contributed by atoms with Crippen LogP contribution in [0.15, 0.2) is 48.5 Å². The Morgan fingerprint density at radius 2 is 1.73 bits per heavy atom. The standard InChI is InChI=1S/C20H20N2O4/c23-19(21-9-8-13-4-2-1-3-5-13)15-11-16(15)20(24)22-14-6-7-17-18(10-14)26-12-25-17/h1-7,10,15-16H,8-9,11-12H2,(H,21,23)(H,22,24). The van der Waals surface area contributed by atoms with Gasteiger partial charge in [-0.05, 0) is 30.5 Å². The molecule has 6 heteroatoms. The van der Waals surface area contributed by atoms with Crippen LogP contribution in [0.3, 0.4) is 0 Å². The number of hydrogen-bond acceptors (Lipinski definition) is 4. The van der Waals surface area contributed by atoms with Gasteiger partial charge in [-0.3, -0.25) is 9.59 Å². The molecule has 0 spiro atoms. The lowest BCUT2D eigenvalue weighted by Crippen LogP contribution is -2.29. The summed E-state index contributed by atoms with van der Waals surface area (Å²) in [6.07, 6.45) is 1.38. The van der Waals surface area contributed by atoms with Gasteiger partial charge in [0, 0.05) is 18.3 Å². The van der Waals surface area contributed by atoms with Crippen LogP contribution in [-0.2, 0) is 16.0 Å². The van der Waals surface area contributed by atoms with Crippen molar-refractivity contribution >= 4 is 17.5 Å². The van der Waals surface area contributed by atoms with Crippen molar-refractivity contribution in [3.05, 3.63) is 54.1 Å². The molecule has 4 rings (SSSR count). The van der Waals surface area contributed by atoms with Crippen LogP contribution in [0.5, 0.6) is 11.5 Å². The summed E-state index contributed by atoms with van der Waals surface area (Å²) in [6, 6.07) is 15.3. The summed E-state index contributed by atoms with van der Waals surface area (Å²) < 4.78 is 10.5. The number of carbonyl (C=O) groups is 2. The second-order valence-electron chi connectivity index (χ2n) is 6.53. The van der Waals surface area contributed by atoms with Crippen LogP contribution in [0.2, 0.25) is 0 Å². The van der Waals surface area contributed by atoms with E-state index in [4.69, 9.17) is 9.47 Å². The van der Waals surface area contributed by atoms with Gasteiger partial charge in [0.1, 0.15) is 0 Å². The zero-order chi connectivity index (χ0) is 17.9. The minimum absolute atomic E-state index is 0.0493. The Labute approximate surface area is 151 Å². The Hall–Kier alpha value is -3.02. The minimum Gasteiger partial charge on any atom is -0.454 e. The largest absolute Gasteiger partial charge is 0.454 e. The molecule has 0 aromatic heterocycles. The number of ether oxygens (including phenoxy) is 2. The number of carbonyl (C=O) groups excluding carboxylic acids is 2. The Morgan fingerprint density at radius 3 is 2.58 bits per heavy atom. The van der Waals surface area contributed by atoms with Crippen molar-refractivity contribution in [1.29, 1.82) is 0 Å². The number of benzene rings is 2. The molecule has 2 N–H and O–H groups in total. The van der Waals surface area contributed by atoms with E-state index in [0.29, 0.717) is 30.2 Å². The molecule has 2 unspecified atom stereocenters. The minimum atomic E-state index is -0.267. The highest BCUT2D eigenvalue weighted by Gasteiger charge is 2.47. The highest BCUT2D eigenvalue weighted by atomic mass is 16.7. The lowest BCUT2D eigenvalue weighted by atomic mass is 10.1. The van der Waals surface area contributed by atoms with E-state index in [2.05, 4.69) is 10.6 Å². The molecule has 26 heavy (non-hydrogen) atoms. The van der Waals surface area contributed by atoms with Crippen molar-refractivity contribution in [3.63, 3.8) is 0 Å². The Bertz CT molecular complexity index is 822. The molecule has 2 atom stereocenters. The number of hydrogen-bond donors (Lipinski definition) is 2. The van der Waals surface area contributed by atoms with Crippen molar-refractivity contribution in [1.82, 2.24) is 5.32 Å². The van der Waals surface area contributed by atoms with E-state index < -0.39 is 0 Å². The van der Waals surface area contributed by atoms with Gasteiger partial charge < -0.3 is 20.1 Å². The monoisotopic (exact) mass is 352 g/mol. The number of anilines is 1. The fraction of sp³-hybridized carbons (Fsp3) is 0.300. The van der Waals surface area contributed by atoms with E-state index in [1.165, 1.54) is 5.56 Å². The van der Waals surface area contributed by atoms with Gasteiger partial charge in [0.05, 0.1) is 11.8 Å². The quantitative estimate of drug-likeness (QED) is 0.837. The molecule has 2 aromatic rings. The van der Waals surface area contributed by atoms with Gasteiger partial charge in [0.15, 0.2) is 11.5 Å². The van der Waals surface area contributed by atoms with E-state index >= 15 is 0 Å². The van der Waals surface area contributed by atoms with E-state index in [9.17, 15) is 9.59 Å². The lowest BCUT2D eigenvalue weighted by molar-refractivity contribution is -0.125. The van der Waals surface area contributed by atoms with Crippen LogP contribution in [0, 0.1) is 11.8 Å². The molecule has 2 aliphatic rings. The highest BCUT2D eigenvalue weighted by molar-refractivity contribution is 5.99. The Balaban J connectivity index is 1.24. The predicted molar refractivity (Wildman–Crippen MR) is 95.9 cm³/mol. The van der Waals surface area contributed by atoms with Crippen molar-refractivity contribution < 1.29 is 19.1 Å². The number of rotatable bonds is 6. The lowest BCUT2D eigenvalue weighted by Gasteiger charge is -2.07. The molecule has 1 fully saturated rings. The van der Waals surface area contributed by atoms with Crippen LogP contribution in [0.25, 0.3) is 0 Å². The first kappa shape index (κ1) is 16.4. The predicted octanol–water partition coefficient (Wildman–Crippen LogP) is 2.35. The molecule has 6 nitrogen and oxygen atoms in total. The molecule has 2 amide bonds. The highest BCUT2D eigenvalue weighted by Crippen LogP contribution is 2.40. The van der Waals surface area contributed by atoms with E-state index in [-0.39, 0.29) is 30.4 Å². The maximum Gasteiger partial charge on any atom is 0.231 e. The zero-order valence-electron chi connectivity index (χ0n) is 14.2. The van der Waals surface area contributed by atoms with Crippen LogP contribution in [0.4, 0.5) is 5.69 Å². The van der Waals surface area contributed by atoms with Crippen LogP contribution >= 0.6 is 0 Å². The van der Waals surface area contributed by atoms with Gasteiger partial charge in [-0.1, -0.05) is 30.3 Å². The molecule has 0 radical (unpaired) electrons. The molecule has 1 aliphatic heterocycles. The fourth-order valence-electron chi connectivity index (χ4n) is 3.09. The Kier molecular flexibility index (Phi) is 4.48. The van der Waals surface area contributed by atoms with E-state index in [1.54, 1.807) is 18.2 Å². The topological polar surface area (TPSA) is 76.7 Å². The number of fused-ring (bicyclic) bond motifs is 1. The van der Waals surface area contributed by atoms with Gasteiger partial charge in [-0.2, -0.15) is 0 Å². The molecule has 2 aromatic carbocycles. The van der Waals surface area contributed by atoms with Crippen molar-refractivity contribution in [2.45, 2.75) is 12.8 Å². The van der Waals surface area contributed by atoms with Crippen LogP contribution < -0.4 is 20.1 Å². The van der Waals surface area contributed by atoms with Crippen molar-refractivity contribution in [3.8, 4) is 11.5 Å². The molecule has 1 heterocycles. The number of amides is 2. The van der Waals surface area contributed by atoms with E-state index in [1.807, 2.05) is 30.3 Å². The third-order valence-electron chi connectivity index (χ3n) is 4.66. The summed E-state index contributed by atoms with van der Waals surface area (Å²) in [7, 11) is 0. The summed E-state index contributed by atoms with van der Waals surface area (Å²) in [4.78, 5) is 24.5. The van der Waals surface area contributed by atoms with Gasteiger partial charge in [0.2, 0.25) is 18.6 Å². The first-order chi connectivity index (χ1) is 12.7. The average molecular weight is 352 g/mol. The molecule has 0 bridgehead atoms. The third kappa shape index (κ3) is 3.64. The summed E-state index contributed by atoms with van der Waals surface area (Å²) in [5.41, 5.74) is 1.83. The van der Waals surface area contributed by atoms with Gasteiger partial charge >= 0.3 is 0 Å². The molecule has 1 saturated carbocycles. The summed E-state index contributed by atoms with van der Waals surface area (Å²) in [6.45, 7) is 0.774. The molecule has 134 valence electrons. The molecule has 1 aliphatic carbocycles. The zero-order valence-corrected chi connectivity index (χ0v) is 14.2. The van der Waals surface area contributed by atoms with Gasteiger partial charge in [-0.25, -0.2) is 0 Å². The van der Waals surface area contributed by atoms with E-state index in [0.717, 1.165) is 6.42 Å². The smallest absolute Gasteiger partial charge is 0.231 e. The second-order valence-corrected chi connectivity index (χ2v) is 6.53. The third-order valence-corrected chi connectivity index (χ3v) is 4.66. The Morgan fingerprint density at radius 1 is 0.962 bits per heavy atom. The van der Waals surface area contributed by atoms with Crippen LogP contribution in [0.1, 0.15) is 12.0 Å². The maximum atomic E-state index is 12.3. The molecular weight excluding hydrogens is 332 g/mol. The second kappa shape index (κ2) is 7.07. The van der Waals surface area contributed by atoms with Crippen LogP contribution in [-0.4, -0.2) is 25.2 Å². The summed E-state index contributed by atoms with van der Waals surface area (Å²) in [5, 5.41) is 5.77. The fourth-order valence-corrected chi connectivity index (χ4v) is 3.09. The molecular formula is C20H20N2O4. The average Bonchev–Trinajstić information content (AvgIpc) is 3.33. The van der Waals surface area contributed by atoms with Gasteiger partial charge in [0.25, 0.3) is 0 Å². The normalized spacial score (nSPS) is 19.7.